The van der Waals surface area contributed by atoms with Crippen LogP contribution in [0.25, 0.3) is 5.65 Å². The summed E-state index contributed by atoms with van der Waals surface area (Å²) in [6.45, 7) is 3.76. The predicted octanol–water partition coefficient (Wildman–Crippen LogP) is 2.40. The van der Waals surface area contributed by atoms with Crippen molar-refractivity contribution in [2.75, 3.05) is 6.54 Å². The Morgan fingerprint density at radius 3 is 2.80 bits per heavy atom. The minimum atomic E-state index is -3.64. The van der Waals surface area contributed by atoms with Gasteiger partial charge in [0, 0.05) is 25.0 Å². The first-order valence-electron chi connectivity index (χ1n) is 7.92. The molecule has 0 saturated carbocycles. The molecule has 132 valence electrons. The van der Waals surface area contributed by atoms with E-state index < -0.39 is 15.8 Å². The van der Waals surface area contributed by atoms with Crippen molar-refractivity contribution in [3.8, 4) is 0 Å². The third-order valence-corrected chi connectivity index (χ3v) is 5.47. The van der Waals surface area contributed by atoms with Gasteiger partial charge in [0.15, 0.2) is 5.65 Å². The summed E-state index contributed by atoms with van der Waals surface area (Å²) in [6.07, 6.45) is 4.96. The van der Waals surface area contributed by atoms with E-state index in [0.29, 0.717) is 18.4 Å². The van der Waals surface area contributed by atoms with Gasteiger partial charge in [0.2, 0.25) is 10.0 Å². The van der Waals surface area contributed by atoms with Gasteiger partial charge in [-0.2, -0.15) is 5.10 Å². The zero-order valence-corrected chi connectivity index (χ0v) is 14.8. The van der Waals surface area contributed by atoms with Crippen LogP contribution >= 0.6 is 0 Å². The first-order valence-corrected chi connectivity index (χ1v) is 9.40. The van der Waals surface area contributed by atoms with Crippen molar-refractivity contribution in [1.29, 1.82) is 0 Å². The predicted molar refractivity (Wildman–Crippen MR) is 92.4 cm³/mol. The van der Waals surface area contributed by atoms with E-state index in [-0.39, 0.29) is 11.4 Å². The van der Waals surface area contributed by atoms with Crippen molar-refractivity contribution in [2.45, 2.75) is 31.6 Å². The third-order valence-electron chi connectivity index (χ3n) is 3.85. The number of nitrogens with zero attached hydrogens (tertiary/aromatic N) is 3. The van der Waals surface area contributed by atoms with Crippen LogP contribution in [0.3, 0.4) is 0 Å². The SMILES string of the molecule is Cc1cc2ncc(CCCNS(=O)(=O)c3ccc(F)cc3C)cn2n1. The monoisotopic (exact) mass is 362 g/mol. The van der Waals surface area contributed by atoms with E-state index in [1.165, 1.54) is 12.1 Å². The fraction of sp³-hybridized carbons (Fsp3) is 0.294. The van der Waals surface area contributed by atoms with Crippen molar-refractivity contribution >= 4 is 15.7 Å². The first kappa shape index (κ1) is 17.5. The Morgan fingerprint density at radius 1 is 1.24 bits per heavy atom. The maximum atomic E-state index is 13.1. The molecule has 0 aliphatic carbocycles. The standard InChI is InChI=1S/C17H19FN4O2S/c1-12-8-15(18)5-6-16(12)25(23,24)20-7-3-4-14-10-19-17-9-13(2)21-22(17)11-14/h5-6,8-11,20H,3-4,7H2,1-2H3. The molecule has 25 heavy (non-hydrogen) atoms. The lowest BCUT2D eigenvalue weighted by Crippen LogP contribution is -2.25. The zero-order chi connectivity index (χ0) is 18.0. The molecule has 0 spiro atoms. The summed E-state index contributed by atoms with van der Waals surface area (Å²) in [4.78, 5) is 4.42. The summed E-state index contributed by atoms with van der Waals surface area (Å²) < 4.78 is 42.0. The lowest BCUT2D eigenvalue weighted by molar-refractivity contribution is 0.577. The number of benzene rings is 1. The lowest BCUT2D eigenvalue weighted by atomic mass is 10.2. The summed E-state index contributed by atoms with van der Waals surface area (Å²) in [5.74, 6) is -0.451. The highest BCUT2D eigenvalue weighted by Gasteiger charge is 2.16. The maximum Gasteiger partial charge on any atom is 0.240 e. The van der Waals surface area contributed by atoms with Crippen LogP contribution in [-0.2, 0) is 16.4 Å². The van der Waals surface area contributed by atoms with Gasteiger partial charge in [-0.15, -0.1) is 0 Å². The average Bonchev–Trinajstić information content (AvgIpc) is 2.90. The molecule has 0 fully saturated rings. The highest BCUT2D eigenvalue weighted by atomic mass is 32.2. The fourth-order valence-electron chi connectivity index (χ4n) is 2.65. The van der Waals surface area contributed by atoms with Gasteiger partial charge < -0.3 is 0 Å². The number of hydrogen-bond acceptors (Lipinski definition) is 4. The second kappa shape index (κ2) is 6.89. The summed E-state index contributed by atoms with van der Waals surface area (Å²) in [5, 5.41) is 4.31. The van der Waals surface area contributed by atoms with Crippen LogP contribution in [0.5, 0.6) is 0 Å². The smallest absolute Gasteiger partial charge is 0.237 e. The van der Waals surface area contributed by atoms with Gasteiger partial charge in [0.1, 0.15) is 5.82 Å². The summed E-state index contributed by atoms with van der Waals surface area (Å²) >= 11 is 0. The largest absolute Gasteiger partial charge is 0.240 e. The Hall–Kier alpha value is -2.32. The number of aromatic nitrogens is 3. The first-order chi connectivity index (χ1) is 11.8. The van der Waals surface area contributed by atoms with Gasteiger partial charge in [-0.1, -0.05) is 0 Å². The summed E-state index contributed by atoms with van der Waals surface area (Å²) in [6, 6.07) is 5.53. The van der Waals surface area contributed by atoms with Crippen LogP contribution in [0.15, 0.2) is 41.6 Å². The normalized spacial score (nSPS) is 12.0. The number of fused-ring (bicyclic) bond motifs is 1. The second-order valence-electron chi connectivity index (χ2n) is 5.96. The van der Waals surface area contributed by atoms with Crippen LogP contribution in [0.2, 0.25) is 0 Å². The Kier molecular flexibility index (Phi) is 4.82. The van der Waals surface area contributed by atoms with E-state index in [9.17, 15) is 12.8 Å². The number of aryl methyl sites for hydroxylation is 3. The zero-order valence-electron chi connectivity index (χ0n) is 14.0. The van der Waals surface area contributed by atoms with Gasteiger partial charge in [0.25, 0.3) is 0 Å². The van der Waals surface area contributed by atoms with Crippen molar-refractivity contribution in [3.05, 3.63) is 59.3 Å². The van der Waals surface area contributed by atoms with Gasteiger partial charge in [-0.05, 0) is 56.0 Å². The van der Waals surface area contributed by atoms with E-state index in [1.54, 1.807) is 17.6 Å². The van der Waals surface area contributed by atoms with Crippen LogP contribution in [0.4, 0.5) is 4.39 Å². The van der Waals surface area contributed by atoms with E-state index in [0.717, 1.165) is 23.0 Å². The fourth-order valence-corrected chi connectivity index (χ4v) is 3.95. The maximum absolute atomic E-state index is 13.1. The minimum absolute atomic E-state index is 0.101. The van der Waals surface area contributed by atoms with Crippen LogP contribution < -0.4 is 4.72 Å². The van der Waals surface area contributed by atoms with E-state index in [1.807, 2.05) is 19.2 Å². The molecule has 0 unspecified atom stereocenters. The van der Waals surface area contributed by atoms with Gasteiger partial charge in [-0.3, -0.25) is 0 Å². The van der Waals surface area contributed by atoms with E-state index in [4.69, 9.17) is 0 Å². The van der Waals surface area contributed by atoms with Crippen LogP contribution in [-0.4, -0.2) is 29.6 Å². The quantitative estimate of drug-likeness (QED) is 0.683. The molecule has 1 N–H and O–H groups in total. The molecule has 0 aliphatic heterocycles. The van der Waals surface area contributed by atoms with Crippen LogP contribution in [0, 0.1) is 19.7 Å². The number of halogens is 1. The molecule has 2 aromatic heterocycles. The topological polar surface area (TPSA) is 76.4 Å². The van der Waals surface area contributed by atoms with Gasteiger partial charge >= 0.3 is 0 Å². The van der Waals surface area contributed by atoms with Crippen LogP contribution in [0.1, 0.15) is 23.2 Å². The highest BCUT2D eigenvalue weighted by molar-refractivity contribution is 7.89. The third kappa shape index (κ3) is 4.02. The Balaban J connectivity index is 1.59. The van der Waals surface area contributed by atoms with E-state index in [2.05, 4.69) is 14.8 Å². The average molecular weight is 362 g/mol. The molecule has 2 heterocycles. The highest BCUT2D eigenvalue weighted by Crippen LogP contribution is 2.16. The summed E-state index contributed by atoms with van der Waals surface area (Å²) in [7, 11) is -3.64. The van der Waals surface area contributed by atoms with Crippen molar-refractivity contribution < 1.29 is 12.8 Å². The van der Waals surface area contributed by atoms with Crippen molar-refractivity contribution in [2.24, 2.45) is 0 Å². The van der Waals surface area contributed by atoms with Crippen molar-refractivity contribution in [1.82, 2.24) is 19.3 Å². The van der Waals surface area contributed by atoms with Gasteiger partial charge in [-0.25, -0.2) is 27.0 Å². The van der Waals surface area contributed by atoms with Gasteiger partial charge in [0.05, 0.1) is 10.6 Å². The molecule has 0 aliphatic rings. The molecule has 3 aromatic rings. The molecular weight excluding hydrogens is 343 g/mol. The molecule has 0 atom stereocenters. The molecule has 1 aromatic carbocycles. The van der Waals surface area contributed by atoms with Crippen molar-refractivity contribution in [3.63, 3.8) is 0 Å². The molecule has 8 heteroatoms. The number of hydrogen-bond donors (Lipinski definition) is 1. The molecule has 0 bridgehead atoms. The molecule has 6 nitrogen and oxygen atoms in total. The Morgan fingerprint density at radius 2 is 2.04 bits per heavy atom. The second-order valence-corrected chi connectivity index (χ2v) is 7.70. The molecule has 0 amide bonds. The number of nitrogens with one attached hydrogen (secondary N) is 1. The molecule has 0 radical (unpaired) electrons. The molecule has 3 rings (SSSR count). The number of sulfonamides is 1. The minimum Gasteiger partial charge on any atom is -0.237 e. The summed E-state index contributed by atoms with van der Waals surface area (Å²) in [5.41, 5.74) is 3.05. The number of rotatable bonds is 6. The lowest BCUT2D eigenvalue weighted by Gasteiger charge is -2.09. The molecule has 0 saturated heterocycles. The Bertz CT molecular complexity index is 1010. The van der Waals surface area contributed by atoms with E-state index >= 15 is 0 Å². The Labute approximate surface area is 145 Å². The molecular formula is C17H19FN4O2S.